The van der Waals surface area contributed by atoms with Crippen LogP contribution in [0.5, 0.6) is 5.75 Å². The van der Waals surface area contributed by atoms with Crippen LogP contribution in [0.15, 0.2) is 42.6 Å². The van der Waals surface area contributed by atoms with E-state index < -0.39 is 23.8 Å². The van der Waals surface area contributed by atoms with Crippen molar-refractivity contribution in [2.75, 3.05) is 51.3 Å². The number of β-amino-alcohol motifs (C(OH)–C–C–N with tert-alkyl or cyclic N) is 1. The average Bonchev–Trinajstić information content (AvgIpc) is 2.77. The maximum atomic E-state index is 12.7. The third-order valence-corrected chi connectivity index (χ3v) is 4.96. The number of aliphatic hydroxyl groups excluding tert-OH is 1. The number of halogens is 3. The molecule has 1 N–H and O–H groups in total. The van der Waals surface area contributed by atoms with Crippen LogP contribution in [0.4, 0.5) is 19.0 Å². The van der Waals surface area contributed by atoms with Gasteiger partial charge in [-0.15, -0.1) is 0 Å². The van der Waals surface area contributed by atoms with E-state index in [-0.39, 0.29) is 6.61 Å². The lowest BCUT2D eigenvalue weighted by atomic mass is 10.2. The van der Waals surface area contributed by atoms with E-state index in [2.05, 4.69) is 14.6 Å². The van der Waals surface area contributed by atoms with Gasteiger partial charge in [0.05, 0.1) is 18.2 Å². The summed E-state index contributed by atoms with van der Waals surface area (Å²) in [5.74, 6) is 0.606. The van der Waals surface area contributed by atoms with E-state index in [0.717, 1.165) is 12.3 Å². The Morgan fingerprint density at radius 1 is 1.13 bits per heavy atom. The molecule has 7 nitrogen and oxygen atoms in total. The number of alkyl halides is 3. The molecule has 1 saturated heterocycles. The smallest absolute Gasteiger partial charge is 0.417 e. The largest absolute Gasteiger partial charge is 0.491 e. The Labute approximate surface area is 178 Å². The van der Waals surface area contributed by atoms with Crippen LogP contribution in [0.2, 0.25) is 0 Å². The molecule has 3 rings (SSSR count). The average molecular weight is 439 g/mol. The first-order valence-electron chi connectivity index (χ1n) is 9.76. The Morgan fingerprint density at radius 2 is 1.81 bits per heavy atom. The summed E-state index contributed by atoms with van der Waals surface area (Å²) in [5, 5.41) is 10.3. The fourth-order valence-electron chi connectivity index (χ4n) is 3.25. The Kier molecular flexibility index (Phi) is 7.34. The maximum Gasteiger partial charge on any atom is 0.417 e. The van der Waals surface area contributed by atoms with Crippen LogP contribution < -0.4 is 9.64 Å². The predicted molar refractivity (Wildman–Crippen MR) is 107 cm³/mol. The van der Waals surface area contributed by atoms with E-state index in [1.165, 1.54) is 13.2 Å². The van der Waals surface area contributed by atoms with Gasteiger partial charge in [-0.1, -0.05) is 0 Å². The minimum absolute atomic E-state index is 0.0955. The van der Waals surface area contributed by atoms with Crippen LogP contribution in [0.3, 0.4) is 0 Å². The maximum absolute atomic E-state index is 12.7. The van der Waals surface area contributed by atoms with Crippen molar-refractivity contribution in [2.45, 2.75) is 12.3 Å². The molecule has 0 bridgehead atoms. The van der Waals surface area contributed by atoms with Crippen molar-refractivity contribution in [3.8, 4) is 5.75 Å². The highest BCUT2D eigenvalue weighted by atomic mass is 19.4. The molecule has 1 atom stereocenters. The summed E-state index contributed by atoms with van der Waals surface area (Å²) < 4.78 is 48.2. The van der Waals surface area contributed by atoms with Crippen LogP contribution >= 0.6 is 0 Å². The number of carbonyl (C=O) groups excluding carboxylic acids is 1. The topological polar surface area (TPSA) is 75.1 Å². The van der Waals surface area contributed by atoms with E-state index in [4.69, 9.17) is 4.74 Å². The number of carbonyl (C=O) groups is 1. The zero-order chi connectivity index (χ0) is 22.4. The predicted octanol–water partition coefficient (Wildman–Crippen LogP) is 2.45. The molecular weight excluding hydrogens is 415 g/mol. The van der Waals surface area contributed by atoms with Gasteiger partial charge in [-0.3, -0.25) is 4.90 Å². The van der Waals surface area contributed by atoms with Crippen LogP contribution in [-0.4, -0.2) is 73.5 Å². The summed E-state index contributed by atoms with van der Waals surface area (Å²) in [6.45, 7) is 3.00. The zero-order valence-electron chi connectivity index (χ0n) is 17.0. The van der Waals surface area contributed by atoms with Crippen molar-refractivity contribution in [1.29, 1.82) is 0 Å². The first-order valence-corrected chi connectivity index (χ1v) is 9.76. The fourth-order valence-corrected chi connectivity index (χ4v) is 3.25. The first-order chi connectivity index (χ1) is 14.8. The number of aromatic nitrogens is 1. The van der Waals surface area contributed by atoms with E-state index in [9.17, 15) is 23.1 Å². The van der Waals surface area contributed by atoms with E-state index in [1.54, 1.807) is 24.3 Å². The van der Waals surface area contributed by atoms with Crippen molar-refractivity contribution in [1.82, 2.24) is 9.88 Å². The zero-order valence-corrected chi connectivity index (χ0v) is 17.0. The number of hydrogen-bond donors (Lipinski definition) is 1. The third kappa shape index (κ3) is 6.31. The van der Waals surface area contributed by atoms with Crippen molar-refractivity contribution < 1.29 is 32.5 Å². The van der Waals surface area contributed by atoms with Gasteiger partial charge in [0.15, 0.2) is 0 Å². The lowest BCUT2D eigenvalue weighted by molar-refractivity contribution is -0.137. The molecule has 0 spiro atoms. The minimum Gasteiger partial charge on any atom is -0.491 e. The first kappa shape index (κ1) is 22.8. The monoisotopic (exact) mass is 439 g/mol. The molecule has 1 aliphatic rings. The van der Waals surface area contributed by atoms with Crippen molar-refractivity contribution in [3.63, 3.8) is 0 Å². The number of hydrogen-bond acceptors (Lipinski definition) is 7. The van der Waals surface area contributed by atoms with Gasteiger partial charge in [0.2, 0.25) is 0 Å². The number of pyridine rings is 1. The molecule has 0 saturated carbocycles. The number of rotatable bonds is 7. The van der Waals surface area contributed by atoms with Gasteiger partial charge in [0.25, 0.3) is 0 Å². The molecule has 1 fully saturated rings. The van der Waals surface area contributed by atoms with Crippen LogP contribution in [0, 0.1) is 0 Å². The van der Waals surface area contributed by atoms with Crippen molar-refractivity contribution in [3.05, 3.63) is 53.7 Å². The Hall–Kier alpha value is -2.85. The highest BCUT2D eigenvalue weighted by Gasteiger charge is 2.31. The molecule has 168 valence electrons. The lowest BCUT2D eigenvalue weighted by Crippen LogP contribution is -2.49. The second kappa shape index (κ2) is 9.97. The minimum atomic E-state index is -4.40. The van der Waals surface area contributed by atoms with E-state index in [1.807, 2.05) is 4.90 Å². The molecule has 1 aromatic heterocycles. The van der Waals surface area contributed by atoms with Gasteiger partial charge in [0.1, 0.15) is 24.3 Å². The van der Waals surface area contributed by atoms with Gasteiger partial charge < -0.3 is 19.5 Å². The molecule has 31 heavy (non-hydrogen) atoms. The number of nitrogens with zero attached hydrogens (tertiary/aromatic N) is 3. The van der Waals surface area contributed by atoms with Gasteiger partial charge in [0, 0.05) is 38.9 Å². The van der Waals surface area contributed by atoms with Crippen LogP contribution in [0.1, 0.15) is 15.9 Å². The molecule has 2 aromatic rings. The summed E-state index contributed by atoms with van der Waals surface area (Å²) in [4.78, 5) is 19.3. The Bertz CT molecular complexity index is 852. The van der Waals surface area contributed by atoms with Crippen LogP contribution in [-0.2, 0) is 10.9 Å². The van der Waals surface area contributed by atoms with Gasteiger partial charge >= 0.3 is 12.1 Å². The second-order valence-electron chi connectivity index (χ2n) is 7.17. The Morgan fingerprint density at radius 3 is 2.35 bits per heavy atom. The highest BCUT2D eigenvalue weighted by molar-refractivity contribution is 5.89. The summed E-state index contributed by atoms with van der Waals surface area (Å²) in [6.07, 6.45) is -4.26. The number of esters is 1. The number of anilines is 1. The molecule has 0 aliphatic carbocycles. The van der Waals surface area contributed by atoms with Crippen LogP contribution in [0.25, 0.3) is 0 Å². The molecular formula is C21H24F3N3O4. The molecule has 0 amide bonds. The quantitative estimate of drug-likeness (QED) is 0.665. The molecule has 1 aliphatic heterocycles. The molecule has 0 unspecified atom stereocenters. The van der Waals surface area contributed by atoms with Gasteiger partial charge in [-0.25, -0.2) is 9.78 Å². The van der Waals surface area contributed by atoms with Crippen molar-refractivity contribution in [2.24, 2.45) is 0 Å². The van der Waals surface area contributed by atoms with Gasteiger partial charge in [-0.05, 0) is 36.4 Å². The molecule has 2 heterocycles. The molecule has 1 aromatic carbocycles. The lowest BCUT2D eigenvalue weighted by Gasteiger charge is -2.36. The van der Waals surface area contributed by atoms with E-state index in [0.29, 0.717) is 49.9 Å². The summed E-state index contributed by atoms with van der Waals surface area (Å²) in [6, 6.07) is 8.86. The summed E-state index contributed by atoms with van der Waals surface area (Å²) in [7, 11) is 1.31. The summed E-state index contributed by atoms with van der Waals surface area (Å²) >= 11 is 0. The third-order valence-electron chi connectivity index (χ3n) is 4.96. The summed E-state index contributed by atoms with van der Waals surface area (Å²) in [5.41, 5.74) is -0.353. The number of ether oxygens (including phenoxy) is 2. The normalized spacial score (nSPS) is 16.1. The number of piperazine rings is 1. The van der Waals surface area contributed by atoms with Crippen molar-refractivity contribution >= 4 is 11.8 Å². The van der Waals surface area contributed by atoms with Gasteiger partial charge in [-0.2, -0.15) is 13.2 Å². The number of benzene rings is 1. The molecule has 10 heteroatoms. The van der Waals surface area contributed by atoms with E-state index >= 15 is 0 Å². The molecule has 0 radical (unpaired) electrons. The highest BCUT2D eigenvalue weighted by Crippen LogP contribution is 2.29. The SMILES string of the molecule is COC(=O)c1ccc(OC[C@@H](O)CN2CCN(c3ccc(C(F)(F)F)cn3)CC2)cc1. The number of methoxy groups -OCH3 is 1. The second-order valence-corrected chi connectivity index (χ2v) is 7.17. The standard InChI is InChI=1S/C21H24F3N3O4/c1-30-20(29)15-2-5-18(6-3-15)31-14-17(28)13-26-8-10-27(11-9-26)19-7-4-16(12-25-19)21(22,23)24/h2-7,12,17,28H,8-11,13-14H2,1H3/t17-/m0/s1. The Balaban J connectivity index is 1.41. The fraction of sp³-hybridized carbons (Fsp3) is 0.429. The number of aliphatic hydroxyl groups is 1.